The van der Waals surface area contributed by atoms with E-state index in [0.29, 0.717) is 4.88 Å². The lowest BCUT2D eigenvalue weighted by Gasteiger charge is -2.21. The summed E-state index contributed by atoms with van der Waals surface area (Å²) >= 11 is 1.41. The number of hydrogen-bond donors (Lipinski definition) is 2. The van der Waals surface area contributed by atoms with Crippen LogP contribution in [0.25, 0.3) is 16.0 Å². The molecule has 2 N–H and O–H groups in total. The lowest BCUT2D eigenvalue weighted by Crippen LogP contribution is -2.40. The number of thiophene rings is 1. The summed E-state index contributed by atoms with van der Waals surface area (Å²) in [4.78, 5) is 13.2. The van der Waals surface area contributed by atoms with E-state index in [0.717, 1.165) is 26.9 Å². The van der Waals surface area contributed by atoms with Crippen molar-refractivity contribution in [3.8, 4) is 10.4 Å². The average molecular weight is 420 g/mol. The molecule has 28 heavy (non-hydrogen) atoms. The summed E-state index contributed by atoms with van der Waals surface area (Å²) < 4.78 is 26.8. The molecule has 1 aromatic carbocycles. The Bertz CT molecular complexity index is 1060. The van der Waals surface area contributed by atoms with E-state index in [-0.39, 0.29) is 17.9 Å². The maximum Gasteiger partial charge on any atom is 0.322 e. The standard InChI is InChI=1S/C19H21N3O4S2/c1-3-15(19(23)24)22-11-17-18(28(22,25)26)8-16(27-17)13-6-4-12(5-7-13)14-9-20-21(2)10-14/h4-8,10,15,20H,3,9,11H2,1-2H3,(H,23,24). The van der Waals surface area contributed by atoms with Gasteiger partial charge in [0.1, 0.15) is 6.04 Å². The van der Waals surface area contributed by atoms with Gasteiger partial charge in [-0.2, -0.15) is 4.31 Å². The van der Waals surface area contributed by atoms with Crippen LogP contribution >= 0.6 is 11.3 Å². The summed E-state index contributed by atoms with van der Waals surface area (Å²) in [5.41, 5.74) is 6.47. The molecule has 0 aliphatic carbocycles. The van der Waals surface area contributed by atoms with E-state index in [4.69, 9.17) is 0 Å². The second-order valence-corrected chi connectivity index (χ2v) is 9.88. The Balaban J connectivity index is 1.61. The average Bonchev–Trinajstić information content (AvgIpc) is 3.33. The highest BCUT2D eigenvalue weighted by molar-refractivity contribution is 7.89. The Kier molecular flexibility index (Phi) is 4.78. The second kappa shape index (κ2) is 7.00. The molecule has 0 spiro atoms. The molecule has 2 aliphatic heterocycles. The van der Waals surface area contributed by atoms with E-state index in [2.05, 4.69) is 5.43 Å². The highest BCUT2D eigenvalue weighted by Crippen LogP contribution is 2.42. The van der Waals surface area contributed by atoms with Crippen LogP contribution in [0.4, 0.5) is 0 Å². The van der Waals surface area contributed by atoms with Gasteiger partial charge in [-0.15, -0.1) is 11.3 Å². The molecule has 0 bridgehead atoms. The molecule has 7 nitrogen and oxygen atoms in total. The fourth-order valence-corrected chi connectivity index (χ4v) is 6.98. The second-order valence-electron chi connectivity index (χ2n) is 6.89. The Morgan fingerprint density at radius 3 is 2.50 bits per heavy atom. The fourth-order valence-electron chi connectivity index (χ4n) is 3.57. The number of fused-ring (bicyclic) bond motifs is 1. The Hall–Kier alpha value is -2.20. The number of nitrogens with one attached hydrogen (secondary N) is 1. The van der Waals surface area contributed by atoms with Gasteiger partial charge in [-0.25, -0.2) is 13.8 Å². The predicted molar refractivity (Wildman–Crippen MR) is 108 cm³/mol. The first kappa shape index (κ1) is 19.1. The lowest BCUT2D eigenvalue weighted by molar-refractivity contribution is -0.141. The highest BCUT2D eigenvalue weighted by atomic mass is 32.2. The minimum Gasteiger partial charge on any atom is -0.480 e. The third-order valence-electron chi connectivity index (χ3n) is 5.08. The lowest BCUT2D eigenvalue weighted by atomic mass is 10.0. The molecule has 0 saturated carbocycles. The largest absolute Gasteiger partial charge is 0.480 e. The molecule has 0 amide bonds. The minimum atomic E-state index is -3.78. The zero-order chi connectivity index (χ0) is 20.1. The molecule has 0 saturated heterocycles. The van der Waals surface area contributed by atoms with E-state index in [1.54, 1.807) is 13.0 Å². The van der Waals surface area contributed by atoms with Crippen LogP contribution in [0, 0.1) is 0 Å². The van der Waals surface area contributed by atoms with Crippen LogP contribution in [0.15, 0.2) is 41.4 Å². The van der Waals surface area contributed by atoms with Crippen LogP contribution in [-0.2, 0) is 21.4 Å². The first-order valence-corrected chi connectivity index (χ1v) is 11.2. The van der Waals surface area contributed by atoms with Gasteiger partial charge in [0.2, 0.25) is 10.0 Å². The number of aliphatic carboxylic acids is 1. The predicted octanol–water partition coefficient (Wildman–Crippen LogP) is 2.57. The number of carboxylic acid groups (broad SMARTS) is 1. The van der Waals surface area contributed by atoms with Crippen molar-refractivity contribution in [2.75, 3.05) is 13.6 Å². The van der Waals surface area contributed by atoms with E-state index in [1.807, 2.05) is 42.5 Å². The van der Waals surface area contributed by atoms with Crippen LogP contribution in [0.5, 0.6) is 0 Å². The monoisotopic (exact) mass is 419 g/mol. The van der Waals surface area contributed by atoms with E-state index in [1.165, 1.54) is 16.9 Å². The summed E-state index contributed by atoms with van der Waals surface area (Å²) in [6, 6.07) is 8.69. The number of benzene rings is 1. The quantitative estimate of drug-likeness (QED) is 0.774. The van der Waals surface area contributed by atoms with Crippen molar-refractivity contribution in [1.82, 2.24) is 14.7 Å². The fraction of sp³-hybridized carbons (Fsp3) is 0.316. The first-order chi connectivity index (χ1) is 13.3. The topological polar surface area (TPSA) is 89.9 Å². The highest BCUT2D eigenvalue weighted by Gasteiger charge is 2.43. The van der Waals surface area contributed by atoms with Crippen LogP contribution in [-0.4, -0.2) is 48.4 Å². The Labute approximate surface area is 167 Å². The van der Waals surface area contributed by atoms with Gasteiger partial charge in [0.15, 0.2) is 0 Å². The summed E-state index contributed by atoms with van der Waals surface area (Å²) in [5, 5.41) is 11.3. The molecular weight excluding hydrogens is 398 g/mol. The van der Waals surface area contributed by atoms with Gasteiger partial charge in [0, 0.05) is 29.5 Å². The van der Waals surface area contributed by atoms with Crippen LogP contribution in [0.1, 0.15) is 23.8 Å². The number of hydrazine groups is 1. The number of hydrogen-bond acceptors (Lipinski definition) is 6. The number of carbonyl (C=O) groups is 1. The van der Waals surface area contributed by atoms with Gasteiger partial charge < -0.3 is 10.1 Å². The summed E-state index contributed by atoms with van der Waals surface area (Å²) in [7, 11) is -1.83. The molecule has 9 heteroatoms. The Morgan fingerprint density at radius 2 is 1.96 bits per heavy atom. The molecule has 1 atom stereocenters. The summed E-state index contributed by atoms with van der Waals surface area (Å²) in [6.45, 7) is 2.58. The smallest absolute Gasteiger partial charge is 0.322 e. The van der Waals surface area contributed by atoms with Crippen molar-refractivity contribution in [2.45, 2.75) is 30.8 Å². The van der Waals surface area contributed by atoms with E-state index in [9.17, 15) is 18.3 Å². The molecule has 2 aromatic rings. The molecular formula is C19H21N3O4S2. The molecule has 4 rings (SSSR count). The van der Waals surface area contributed by atoms with Crippen LogP contribution < -0.4 is 5.43 Å². The van der Waals surface area contributed by atoms with Crippen molar-refractivity contribution in [3.63, 3.8) is 0 Å². The van der Waals surface area contributed by atoms with Crippen LogP contribution in [0.3, 0.4) is 0 Å². The molecule has 2 aliphatic rings. The first-order valence-electron chi connectivity index (χ1n) is 8.96. The van der Waals surface area contributed by atoms with Gasteiger partial charge >= 0.3 is 5.97 Å². The maximum atomic E-state index is 12.8. The van der Waals surface area contributed by atoms with Gasteiger partial charge in [-0.1, -0.05) is 31.2 Å². The van der Waals surface area contributed by atoms with Crippen molar-refractivity contribution in [3.05, 3.63) is 47.0 Å². The summed E-state index contributed by atoms with van der Waals surface area (Å²) in [5.74, 6) is -1.11. The Morgan fingerprint density at radius 1 is 1.29 bits per heavy atom. The van der Waals surface area contributed by atoms with Gasteiger partial charge in [-0.05, 0) is 29.2 Å². The number of rotatable bonds is 5. The zero-order valence-corrected chi connectivity index (χ0v) is 17.2. The van der Waals surface area contributed by atoms with Crippen molar-refractivity contribution < 1.29 is 18.3 Å². The number of nitrogens with zero attached hydrogens (tertiary/aromatic N) is 2. The normalized spacial score (nSPS) is 19.5. The molecule has 3 heterocycles. The number of carboxylic acids is 1. The van der Waals surface area contributed by atoms with E-state index < -0.39 is 22.0 Å². The number of sulfonamides is 1. The van der Waals surface area contributed by atoms with Gasteiger partial charge in [-0.3, -0.25) is 4.79 Å². The van der Waals surface area contributed by atoms with Crippen molar-refractivity contribution >= 4 is 32.9 Å². The minimum absolute atomic E-state index is 0.121. The third kappa shape index (κ3) is 3.14. The van der Waals surface area contributed by atoms with Gasteiger partial charge in [0.05, 0.1) is 11.4 Å². The summed E-state index contributed by atoms with van der Waals surface area (Å²) in [6.07, 6.45) is 2.28. The molecule has 0 fully saturated rings. The van der Waals surface area contributed by atoms with Gasteiger partial charge in [0.25, 0.3) is 0 Å². The molecule has 1 aromatic heterocycles. The molecule has 0 radical (unpaired) electrons. The van der Waals surface area contributed by atoms with Crippen LogP contribution in [0.2, 0.25) is 0 Å². The zero-order valence-electron chi connectivity index (χ0n) is 15.5. The molecule has 1 unspecified atom stereocenters. The molecule has 148 valence electrons. The third-order valence-corrected chi connectivity index (χ3v) is 8.30. The maximum absolute atomic E-state index is 12.8. The SMILES string of the molecule is CCC(C(=O)O)N1Cc2sc(-c3ccc(C4=CN(C)NC4)cc3)cc2S1(=O)=O. The van der Waals surface area contributed by atoms with Crippen molar-refractivity contribution in [2.24, 2.45) is 0 Å². The van der Waals surface area contributed by atoms with E-state index >= 15 is 0 Å². The van der Waals surface area contributed by atoms with Crippen molar-refractivity contribution in [1.29, 1.82) is 0 Å².